The van der Waals surface area contributed by atoms with E-state index in [4.69, 9.17) is 0 Å². The van der Waals surface area contributed by atoms with Crippen LogP contribution in [0.1, 0.15) is 34.9 Å². The van der Waals surface area contributed by atoms with Crippen molar-refractivity contribution in [2.75, 3.05) is 13.1 Å². The summed E-state index contributed by atoms with van der Waals surface area (Å²) in [7, 11) is 1.99. The second-order valence-electron chi connectivity index (χ2n) is 6.27. The van der Waals surface area contributed by atoms with Crippen molar-refractivity contribution in [3.63, 3.8) is 0 Å². The molecular weight excluding hydrogens is 318 g/mol. The van der Waals surface area contributed by atoms with Crippen molar-refractivity contribution in [2.24, 2.45) is 7.05 Å². The Morgan fingerprint density at radius 1 is 1.32 bits per heavy atom. The molecule has 0 saturated carbocycles. The summed E-state index contributed by atoms with van der Waals surface area (Å²) < 4.78 is 2.03. The Bertz CT molecular complexity index is 871. The summed E-state index contributed by atoms with van der Waals surface area (Å²) in [6, 6.07) is 7.39. The minimum Gasteiger partial charge on any atom is -0.338 e. The highest BCUT2D eigenvalue weighted by Gasteiger charge is 2.29. The van der Waals surface area contributed by atoms with Crippen molar-refractivity contribution >= 4 is 5.91 Å². The fraction of sp³-hybridized carbons (Fsp3) is 0.353. The number of H-pyrrole nitrogens is 1. The molecule has 2 aromatic heterocycles. The number of piperidine rings is 1. The van der Waals surface area contributed by atoms with Crippen LogP contribution in [0.4, 0.5) is 0 Å². The molecule has 0 spiro atoms. The molecule has 128 valence electrons. The minimum atomic E-state index is -0.000640. The molecule has 0 aliphatic carbocycles. The molecule has 1 unspecified atom stereocenters. The number of rotatable bonds is 3. The summed E-state index contributed by atoms with van der Waals surface area (Å²) in [5.74, 6) is 1.72. The summed E-state index contributed by atoms with van der Waals surface area (Å²) in [5, 5.41) is 14.1. The van der Waals surface area contributed by atoms with Crippen molar-refractivity contribution in [3.8, 4) is 11.4 Å². The quantitative estimate of drug-likeness (QED) is 0.784. The van der Waals surface area contributed by atoms with Crippen LogP contribution in [0.15, 0.2) is 36.7 Å². The van der Waals surface area contributed by atoms with Crippen LogP contribution in [-0.2, 0) is 7.05 Å². The Morgan fingerprint density at radius 2 is 2.20 bits per heavy atom. The predicted octanol–water partition coefficient (Wildman–Crippen LogP) is 1.62. The molecule has 1 aromatic carbocycles. The van der Waals surface area contributed by atoms with E-state index in [0.717, 1.165) is 25.2 Å². The number of imidazole rings is 1. The van der Waals surface area contributed by atoms with E-state index in [0.29, 0.717) is 23.5 Å². The molecular formula is C17H19N7O. The minimum absolute atomic E-state index is 0.000640. The van der Waals surface area contributed by atoms with Gasteiger partial charge in [0.15, 0.2) is 0 Å². The maximum Gasteiger partial charge on any atom is 0.254 e. The standard InChI is InChI=1S/C17H19N7O/c1-23-10-8-18-16(23)12-5-4-9-24(11-12)17(25)14-7-3-2-6-13(14)15-19-21-22-20-15/h2-3,6-8,10,12H,4-5,9,11H2,1H3,(H,19,20,21,22). The summed E-state index contributed by atoms with van der Waals surface area (Å²) in [5.41, 5.74) is 1.30. The number of hydrogen-bond acceptors (Lipinski definition) is 5. The SMILES string of the molecule is Cn1ccnc1C1CCCN(C(=O)c2ccccc2-c2nn[nH]n2)C1. The zero-order chi connectivity index (χ0) is 17.2. The lowest BCUT2D eigenvalue weighted by atomic mass is 9.95. The molecule has 1 fully saturated rings. The Kier molecular flexibility index (Phi) is 4.01. The number of nitrogens with one attached hydrogen (secondary N) is 1. The first kappa shape index (κ1) is 15.5. The number of aryl methyl sites for hydroxylation is 1. The first-order chi connectivity index (χ1) is 12.2. The second kappa shape index (κ2) is 6.46. The fourth-order valence-corrected chi connectivity index (χ4v) is 3.45. The van der Waals surface area contributed by atoms with E-state index in [1.165, 1.54) is 0 Å². The lowest BCUT2D eigenvalue weighted by molar-refractivity contribution is 0.0704. The zero-order valence-corrected chi connectivity index (χ0v) is 14.0. The van der Waals surface area contributed by atoms with Crippen LogP contribution in [0.5, 0.6) is 0 Å². The fourth-order valence-electron chi connectivity index (χ4n) is 3.45. The Hall–Kier alpha value is -3.03. The van der Waals surface area contributed by atoms with Gasteiger partial charge in [-0.25, -0.2) is 4.98 Å². The van der Waals surface area contributed by atoms with Gasteiger partial charge in [0, 0.05) is 44.0 Å². The first-order valence-corrected chi connectivity index (χ1v) is 8.33. The van der Waals surface area contributed by atoms with Crippen LogP contribution >= 0.6 is 0 Å². The number of aromatic amines is 1. The third kappa shape index (κ3) is 2.90. The molecule has 25 heavy (non-hydrogen) atoms. The van der Waals surface area contributed by atoms with Gasteiger partial charge in [0.05, 0.1) is 5.56 Å². The van der Waals surface area contributed by atoms with Crippen molar-refractivity contribution in [1.29, 1.82) is 0 Å². The maximum atomic E-state index is 13.1. The lowest BCUT2D eigenvalue weighted by Gasteiger charge is -2.32. The number of amides is 1. The average molecular weight is 337 g/mol. The molecule has 0 radical (unpaired) electrons. The third-order valence-electron chi connectivity index (χ3n) is 4.68. The second-order valence-corrected chi connectivity index (χ2v) is 6.27. The number of aromatic nitrogens is 6. The molecule has 1 aliphatic heterocycles. The number of hydrogen-bond donors (Lipinski definition) is 1. The normalized spacial score (nSPS) is 17.6. The molecule has 4 rings (SSSR count). The van der Waals surface area contributed by atoms with E-state index < -0.39 is 0 Å². The van der Waals surface area contributed by atoms with E-state index >= 15 is 0 Å². The monoisotopic (exact) mass is 337 g/mol. The number of likely N-dealkylation sites (tertiary alicyclic amines) is 1. The third-order valence-corrected chi connectivity index (χ3v) is 4.68. The Balaban J connectivity index is 1.60. The number of benzene rings is 1. The van der Waals surface area contributed by atoms with Gasteiger partial charge in [0.2, 0.25) is 5.82 Å². The van der Waals surface area contributed by atoms with Gasteiger partial charge < -0.3 is 9.47 Å². The van der Waals surface area contributed by atoms with Gasteiger partial charge in [0.25, 0.3) is 5.91 Å². The van der Waals surface area contributed by atoms with Crippen LogP contribution in [0, 0.1) is 0 Å². The van der Waals surface area contributed by atoms with Crippen LogP contribution < -0.4 is 0 Å². The van der Waals surface area contributed by atoms with E-state index in [1.54, 1.807) is 0 Å². The van der Waals surface area contributed by atoms with Crippen molar-refractivity contribution < 1.29 is 4.79 Å². The highest BCUT2D eigenvalue weighted by atomic mass is 16.2. The molecule has 1 atom stereocenters. The van der Waals surface area contributed by atoms with Crippen LogP contribution in [0.25, 0.3) is 11.4 Å². The molecule has 1 aliphatic rings. The highest BCUT2D eigenvalue weighted by Crippen LogP contribution is 2.28. The molecule has 1 N–H and O–H groups in total. The largest absolute Gasteiger partial charge is 0.338 e. The summed E-state index contributed by atoms with van der Waals surface area (Å²) >= 11 is 0. The van der Waals surface area contributed by atoms with Gasteiger partial charge >= 0.3 is 0 Å². The summed E-state index contributed by atoms with van der Waals surface area (Å²) in [6.07, 6.45) is 5.76. The average Bonchev–Trinajstić information content (AvgIpc) is 3.33. The molecule has 1 saturated heterocycles. The lowest BCUT2D eigenvalue weighted by Crippen LogP contribution is -2.39. The Labute approximate surface area is 144 Å². The van der Waals surface area contributed by atoms with Gasteiger partial charge in [-0.15, -0.1) is 10.2 Å². The predicted molar refractivity (Wildman–Crippen MR) is 90.7 cm³/mol. The van der Waals surface area contributed by atoms with Crippen molar-refractivity contribution in [1.82, 2.24) is 35.1 Å². The highest BCUT2D eigenvalue weighted by molar-refractivity contribution is 6.00. The number of nitrogens with zero attached hydrogens (tertiary/aromatic N) is 6. The molecule has 1 amide bonds. The maximum absolute atomic E-state index is 13.1. The Morgan fingerprint density at radius 3 is 2.96 bits per heavy atom. The van der Waals surface area contributed by atoms with Gasteiger partial charge in [0.1, 0.15) is 5.82 Å². The first-order valence-electron chi connectivity index (χ1n) is 8.33. The van der Waals surface area contributed by atoms with Gasteiger partial charge in [-0.2, -0.15) is 5.21 Å². The van der Waals surface area contributed by atoms with Crippen molar-refractivity contribution in [3.05, 3.63) is 48.0 Å². The number of carbonyl (C=O) groups excluding carboxylic acids is 1. The molecule has 3 aromatic rings. The summed E-state index contributed by atoms with van der Waals surface area (Å²) in [6.45, 7) is 1.42. The zero-order valence-electron chi connectivity index (χ0n) is 14.0. The van der Waals surface area contributed by atoms with Gasteiger partial charge in [-0.05, 0) is 24.1 Å². The smallest absolute Gasteiger partial charge is 0.254 e. The van der Waals surface area contributed by atoms with E-state index in [2.05, 4.69) is 25.6 Å². The molecule has 0 bridgehead atoms. The van der Waals surface area contributed by atoms with Crippen molar-refractivity contribution in [2.45, 2.75) is 18.8 Å². The van der Waals surface area contributed by atoms with E-state index in [-0.39, 0.29) is 11.8 Å². The summed E-state index contributed by atoms with van der Waals surface area (Å²) in [4.78, 5) is 19.5. The molecule has 8 heteroatoms. The molecule has 8 nitrogen and oxygen atoms in total. The van der Waals surface area contributed by atoms with Crippen LogP contribution in [-0.4, -0.2) is 54.1 Å². The van der Waals surface area contributed by atoms with Crippen LogP contribution in [0.2, 0.25) is 0 Å². The molecule has 3 heterocycles. The van der Waals surface area contributed by atoms with E-state index in [1.807, 2.05) is 53.2 Å². The van der Waals surface area contributed by atoms with Gasteiger partial charge in [-0.3, -0.25) is 4.79 Å². The number of carbonyl (C=O) groups is 1. The topological polar surface area (TPSA) is 92.6 Å². The number of tetrazole rings is 1. The van der Waals surface area contributed by atoms with Crippen LogP contribution in [0.3, 0.4) is 0 Å². The van der Waals surface area contributed by atoms with E-state index in [9.17, 15) is 4.79 Å². The van der Waals surface area contributed by atoms with Gasteiger partial charge in [-0.1, -0.05) is 18.2 Å².